The van der Waals surface area contributed by atoms with Crippen molar-refractivity contribution >= 4 is 23.6 Å². The average Bonchev–Trinajstić information content (AvgIpc) is 3.06. The lowest BCUT2D eigenvalue weighted by molar-refractivity contribution is -0.138. The molecule has 3 fully saturated rings. The van der Waals surface area contributed by atoms with Gasteiger partial charge in [0.05, 0.1) is 0 Å². The molecule has 1 aliphatic carbocycles. The second kappa shape index (κ2) is 7.02. The summed E-state index contributed by atoms with van der Waals surface area (Å²) in [7, 11) is 0. The van der Waals surface area contributed by atoms with Crippen LogP contribution >= 0.6 is 11.8 Å². The molecule has 1 saturated carbocycles. The molecule has 2 heterocycles. The number of rotatable bonds is 3. The Kier molecular flexibility index (Phi) is 4.76. The minimum absolute atomic E-state index is 0.0486. The van der Waals surface area contributed by atoms with Crippen LogP contribution in [0.25, 0.3) is 0 Å². The molecule has 3 aliphatic rings. The van der Waals surface area contributed by atoms with E-state index in [-0.39, 0.29) is 28.8 Å². The maximum absolute atomic E-state index is 13.0. The first-order valence-corrected chi connectivity index (χ1v) is 10.5. The topological polar surface area (TPSA) is 49.4 Å². The van der Waals surface area contributed by atoms with Crippen molar-refractivity contribution in [2.75, 3.05) is 5.75 Å². The zero-order valence-electron chi connectivity index (χ0n) is 14.6. The molecule has 2 amide bonds. The van der Waals surface area contributed by atoms with Crippen LogP contribution in [0.1, 0.15) is 56.9 Å². The quantitative estimate of drug-likeness (QED) is 0.843. The molecule has 2 saturated heterocycles. The molecule has 0 radical (unpaired) electrons. The van der Waals surface area contributed by atoms with Gasteiger partial charge in [0, 0.05) is 18.2 Å². The normalized spacial score (nSPS) is 30.2. The van der Waals surface area contributed by atoms with Gasteiger partial charge in [-0.15, -0.1) is 11.8 Å². The fraction of sp³-hybridized carbons (Fsp3) is 0.600. The van der Waals surface area contributed by atoms with Crippen molar-refractivity contribution in [1.82, 2.24) is 10.2 Å². The largest absolute Gasteiger partial charge is 0.352 e. The van der Waals surface area contributed by atoms with E-state index in [1.165, 1.54) is 25.7 Å². The molecular formula is C20H26N2O2S. The SMILES string of the molecule is O=C(NC1CCCCCC1)[C@H]1CS[C@]2(c3ccccc3)CCC(=O)N12. The van der Waals surface area contributed by atoms with Crippen molar-refractivity contribution in [2.24, 2.45) is 0 Å². The van der Waals surface area contributed by atoms with Gasteiger partial charge in [0.1, 0.15) is 10.9 Å². The highest BCUT2D eigenvalue weighted by atomic mass is 32.2. The van der Waals surface area contributed by atoms with Crippen molar-refractivity contribution in [3.05, 3.63) is 35.9 Å². The first kappa shape index (κ1) is 17.0. The summed E-state index contributed by atoms with van der Waals surface area (Å²) in [6.07, 6.45) is 8.41. The number of hydrogen-bond acceptors (Lipinski definition) is 3. The Morgan fingerprint density at radius 2 is 1.84 bits per heavy atom. The van der Waals surface area contributed by atoms with Crippen LogP contribution in [0.2, 0.25) is 0 Å². The van der Waals surface area contributed by atoms with E-state index in [2.05, 4.69) is 17.4 Å². The lowest BCUT2D eigenvalue weighted by Gasteiger charge is -2.34. The van der Waals surface area contributed by atoms with Crippen molar-refractivity contribution < 1.29 is 9.59 Å². The van der Waals surface area contributed by atoms with E-state index in [9.17, 15) is 9.59 Å². The number of nitrogens with one attached hydrogen (secondary N) is 1. The summed E-state index contributed by atoms with van der Waals surface area (Å²) in [5, 5.41) is 3.26. The van der Waals surface area contributed by atoms with E-state index in [1.807, 2.05) is 23.1 Å². The third kappa shape index (κ3) is 3.07. The van der Waals surface area contributed by atoms with Gasteiger partial charge in [-0.3, -0.25) is 9.59 Å². The fourth-order valence-electron chi connectivity index (χ4n) is 4.56. The Bertz CT molecular complexity index is 642. The first-order valence-electron chi connectivity index (χ1n) is 9.53. The number of carbonyl (C=O) groups is 2. The molecule has 4 rings (SSSR count). The maximum Gasteiger partial charge on any atom is 0.243 e. The summed E-state index contributed by atoms with van der Waals surface area (Å²) < 4.78 is 0. The molecule has 1 N–H and O–H groups in total. The smallest absolute Gasteiger partial charge is 0.243 e. The molecule has 0 spiro atoms. The fourth-order valence-corrected chi connectivity index (χ4v) is 6.21. The number of carbonyl (C=O) groups excluding carboxylic acids is 2. The second-order valence-electron chi connectivity index (χ2n) is 7.44. The zero-order valence-corrected chi connectivity index (χ0v) is 15.4. The van der Waals surface area contributed by atoms with Gasteiger partial charge in [0.15, 0.2) is 0 Å². The van der Waals surface area contributed by atoms with Gasteiger partial charge in [0.2, 0.25) is 11.8 Å². The maximum atomic E-state index is 13.0. The van der Waals surface area contributed by atoms with Crippen LogP contribution in [0.15, 0.2) is 30.3 Å². The molecule has 0 aromatic heterocycles. The molecule has 25 heavy (non-hydrogen) atoms. The molecule has 1 aromatic carbocycles. The lowest BCUT2D eigenvalue weighted by Crippen LogP contribution is -2.52. The molecule has 0 unspecified atom stereocenters. The van der Waals surface area contributed by atoms with E-state index >= 15 is 0 Å². The third-order valence-corrected chi connectivity index (χ3v) is 7.45. The number of hydrogen-bond donors (Lipinski definition) is 1. The Balaban J connectivity index is 1.53. The van der Waals surface area contributed by atoms with Crippen LogP contribution in [-0.4, -0.2) is 34.6 Å². The van der Waals surface area contributed by atoms with Crippen molar-refractivity contribution in [3.8, 4) is 0 Å². The highest BCUT2D eigenvalue weighted by molar-refractivity contribution is 8.00. The average molecular weight is 359 g/mol. The van der Waals surface area contributed by atoms with Crippen LogP contribution in [0.5, 0.6) is 0 Å². The predicted molar refractivity (Wildman–Crippen MR) is 100 cm³/mol. The van der Waals surface area contributed by atoms with Crippen LogP contribution in [-0.2, 0) is 14.5 Å². The summed E-state index contributed by atoms with van der Waals surface area (Å²) in [4.78, 5) is 27.1. The molecule has 2 atom stereocenters. The molecule has 4 nitrogen and oxygen atoms in total. The van der Waals surface area contributed by atoms with Gasteiger partial charge in [-0.2, -0.15) is 0 Å². The molecule has 5 heteroatoms. The standard InChI is InChI=1S/C20H26N2O2S/c23-18-12-13-20(15-8-4-3-5-9-15)22(18)17(14-25-20)19(24)21-16-10-6-1-2-7-11-16/h3-5,8-9,16-17H,1-2,6-7,10-14H2,(H,21,24)/t17-,20+/m1/s1. The minimum atomic E-state index is -0.343. The highest BCUT2D eigenvalue weighted by Gasteiger charge is 2.56. The highest BCUT2D eigenvalue weighted by Crippen LogP contribution is 2.54. The first-order chi connectivity index (χ1) is 12.2. The summed E-state index contributed by atoms with van der Waals surface area (Å²) in [6, 6.07) is 10.2. The van der Waals surface area contributed by atoms with E-state index in [1.54, 1.807) is 11.8 Å². The van der Waals surface area contributed by atoms with E-state index in [0.717, 1.165) is 24.8 Å². The Hall–Kier alpha value is -1.49. The van der Waals surface area contributed by atoms with Crippen LogP contribution in [0.3, 0.4) is 0 Å². The third-order valence-electron chi connectivity index (χ3n) is 5.86. The number of nitrogens with zero attached hydrogens (tertiary/aromatic N) is 1. The van der Waals surface area contributed by atoms with Gasteiger partial charge in [-0.1, -0.05) is 56.0 Å². The van der Waals surface area contributed by atoms with Crippen LogP contribution in [0.4, 0.5) is 0 Å². The van der Waals surface area contributed by atoms with Gasteiger partial charge in [-0.05, 0) is 24.8 Å². The minimum Gasteiger partial charge on any atom is -0.352 e. The van der Waals surface area contributed by atoms with Crippen LogP contribution in [0, 0.1) is 0 Å². The molecule has 1 aromatic rings. The molecular weight excluding hydrogens is 332 g/mol. The van der Waals surface area contributed by atoms with E-state index < -0.39 is 0 Å². The zero-order chi connectivity index (χ0) is 17.3. The Labute approximate surface area is 153 Å². The van der Waals surface area contributed by atoms with Crippen molar-refractivity contribution in [2.45, 2.75) is 68.3 Å². The van der Waals surface area contributed by atoms with E-state index in [4.69, 9.17) is 0 Å². The van der Waals surface area contributed by atoms with Gasteiger partial charge in [0.25, 0.3) is 0 Å². The molecule has 0 bridgehead atoms. The summed E-state index contributed by atoms with van der Waals surface area (Å²) in [5.41, 5.74) is 1.15. The Morgan fingerprint density at radius 1 is 1.12 bits per heavy atom. The summed E-state index contributed by atoms with van der Waals surface area (Å²) in [5.74, 6) is 0.862. The van der Waals surface area contributed by atoms with E-state index in [0.29, 0.717) is 12.2 Å². The molecule has 134 valence electrons. The van der Waals surface area contributed by atoms with Gasteiger partial charge in [-0.25, -0.2) is 0 Å². The number of thioether (sulfide) groups is 1. The summed E-state index contributed by atoms with van der Waals surface area (Å²) >= 11 is 1.76. The number of benzene rings is 1. The monoisotopic (exact) mass is 358 g/mol. The molecule has 2 aliphatic heterocycles. The van der Waals surface area contributed by atoms with Crippen molar-refractivity contribution in [1.29, 1.82) is 0 Å². The Morgan fingerprint density at radius 3 is 2.56 bits per heavy atom. The lowest BCUT2D eigenvalue weighted by atomic mass is 10.0. The van der Waals surface area contributed by atoms with Gasteiger partial charge < -0.3 is 10.2 Å². The van der Waals surface area contributed by atoms with Gasteiger partial charge >= 0.3 is 0 Å². The van der Waals surface area contributed by atoms with Crippen LogP contribution < -0.4 is 5.32 Å². The number of fused-ring (bicyclic) bond motifs is 1. The number of amides is 2. The summed E-state index contributed by atoms with van der Waals surface area (Å²) in [6.45, 7) is 0. The predicted octanol–water partition coefficient (Wildman–Crippen LogP) is 3.42. The van der Waals surface area contributed by atoms with Crippen molar-refractivity contribution in [3.63, 3.8) is 0 Å². The second-order valence-corrected chi connectivity index (χ2v) is 8.74.